The first-order valence-electron chi connectivity index (χ1n) is 9.20. The van der Waals surface area contributed by atoms with Gasteiger partial charge in [-0.1, -0.05) is 18.2 Å². The quantitative estimate of drug-likeness (QED) is 0.531. The van der Waals surface area contributed by atoms with Gasteiger partial charge in [0.25, 0.3) is 5.56 Å². The number of anilines is 2. The van der Waals surface area contributed by atoms with Crippen molar-refractivity contribution in [3.63, 3.8) is 0 Å². The Morgan fingerprint density at radius 2 is 2.07 bits per heavy atom. The molecule has 8 nitrogen and oxygen atoms in total. The molecule has 0 aliphatic carbocycles. The van der Waals surface area contributed by atoms with E-state index in [9.17, 15) is 14.4 Å². The molecule has 2 amide bonds. The fraction of sp³-hybridized carbons (Fsp3) is 0.0952. The molecule has 0 unspecified atom stereocenters. The molecule has 0 saturated carbocycles. The van der Waals surface area contributed by atoms with Crippen molar-refractivity contribution in [2.45, 2.75) is 13.0 Å². The fourth-order valence-corrected chi connectivity index (χ4v) is 4.17. The maximum Gasteiger partial charge on any atom is 0.269 e. The third-order valence-corrected chi connectivity index (χ3v) is 5.59. The standard InChI is InChI=1S/C21H15N5O3S/c27-18-8-13-7-12(5-6-14(13)23-18)16-11-30-21(24-16)25-19(28)10-26-17-4-2-1-3-15(17)22-9-20(26)29/h1-7,9,11H,8,10H2,(H,23,27)(H,24,25,28). The van der Waals surface area contributed by atoms with Crippen molar-refractivity contribution in [2.24, 2.45) is 0 Å². The summed E-state index contributed by atoms with van der Waals surface area (Å²) in [5.74, 6) is -0.370. The molecule has 5 rings (SSSR count). The zero-order valence-corrected chi connectivity index (χ0v) is 16.4. The molecule has 3 heterocycles. The second-order valence-electron chi connectivity index (χ2n) is 6.85. The van der Waals surface area contributed by atoms with Crippen molar-refractivity contribution in [3.8, 4) is 11.3 Å². The molecule has 148 valence electrons. The molecule has 1 aliphatic rings. The van der Waals surface area contributed by atoms with E-state index in [0.29, 0.717) is 28.3 Å². The van der Waals surface area contributed by atoms with Gasteiger partial charge >= 0.3 is 0 Å². The number of thiazole rings is 1. The van der Waals surface area contributed by atoms with Gasteiger partial charge in [-0.3, -0.25) is 19.0 Å². The Balaban J connectivity index is 1.35. The minimum atomic E-state index is -0.349. The number of para-hydroxylation sites is 2. The first-order valence-corrected chi connectivity index (χ1v) is 10.1. The topological polar surface area (TPSA) is 106 Å². The Kier molecular flexibility index (Phi) is 4.36. The maximum absolute atomic E-state index is 12.5. The number of carbonyl (C=O) groups is 2. The van der Waals surface area contributed by atoms with E-state index in [1.807, 2.05) is 29.6 Å². The number of nitrogens with zero attached hydrogens (tertiary/aromatic N) is 3. The van der Waals surface area contributed by atoms with Gasteiger partial charge in [-0.15, -0.1) is 11.3 Å². The van der Waals surface area contributed by atoms with Crippen LogP contribution in [0.2, 0.25) is 0 Å². The van der Waals surface area contributed by atoms with Gasteiger partial charge in [0.05, 0.1) is 29.3 Å². The second-order valence-corrected chi connectivity index (χ2v) is 7.71. The van der Waals surface area contributed by atoms with Crippen LogP contribution in [-0.4, -0.2) is 26.3 Å². The van der Waals surface area contributed by atoms with E-state index < -0.39 is 0 Å². The van der Waals surface area contributed by atoms with Crippen LogP contribution < -0.4 is 16.2 Å². The van der Waals surface area contributed by atoms with Crippen molar-refractivity contribution in [1.29, 1.82) is 0 Å². The Labute approximate surface area is 174 Å². The van der Waals surface area contributed by atoms with Crippen LogP contribution in [0.4, 0.5) is 10.8 Å². The van der Waals surface area contributed by atoms with Crippen LogP contribution in [0.3, 0.4) is 0 Å². The summed E-state index contributed by atoms with van der Waals surface area (Å²) in [6.07, 6.45) is 1.57. The zero-order valence-electron chi connectivity index (χ0n) is 15.6. The van der Waals surface area contributed by atoms with Gasteiger partial charge in [-0.2, -0.15) is 0 Å². The summed E-state index contributed by atoms with van der Waals surface area (Å²) in [7, 11) is 0. The van der Waals surface area contributed by atoms with E-state index in [-0.39, 0.29) is 23.9 Å². The van der Waals surface area contributed by atoms with Crippen LogP contribution in [0, 0.1) is 0 Å². The molecule has 0 radical (unpaired) electrons. The minimum Gasteiger partial charge on any atom is -0.326 e. The highest BCUT2D eigenvalue weighted by Gasteiger charge is 2.18. The van der Waals surface area contributed by atoms with E-state index in [1.165, 1.54) is 22.1 Å². The SMILES string of the molecule is O=C(Cn1c(=O)cnc2ccccc21)Nc1nc(-c2ccc3c(c2)CC(=O)N3)cs1. The molecule has 0 spiro atoms. The molecule has 0 fully saturated rings. The Bertz CT molecular complexity index is 1370. The van der Waals surface area contributed by atoms with Crippen LogP contribution >= 0.6 is 11.3 Å². The number of rotatable bonds is 4. The normalized spacial score (nSPS) is 12.6. The molecule has 0 bridgehead atoms. The molecule has 2 aromatic heterocycles. The van der Waals surface area contributed by atoms with Crippen LogP contribution in [0.1, 0.15) is 5.56 Å². The third kappa shape index (κ3) is 3.35. The Hall–Kier alpha value is -3.85. The summed E-state index contributed by atoms with van der Waals surface area (Å²) in [5, 5.41) is 7.84. The minimum absolute atomic E-state index is 0.0211. The lowest BCUT2D eigenvalue weighted by molar-refractivity contribution is -0.117. The predicted molar refractivity (Wildman–Crippen MR) is 115 cm³/mol. The number of carbonyl (C=O) groups excluding carboxylic acids is 2. The lowest BCUT2D eigenvalue weighted by atomic mass is 10.1. The van der Waals surface area contributed by atoms with Gasteiger partial charge in [0, 0.05) is 16.6 Å². The van der Waals surface area contributed by atoms with Crippen molar-refractivity contribution in [2.75, 3.05) is 10.6 Å². The predicted octanol–water partition coefficient (Wildman–Crippen LogP) is 2.65. The molecule has 9 heteroatoms. The Morgan fingerprint density at radius 1 is 1.20 bits per heavy atom. The lowest BCUT2D eigenvalue weighted by Crippen LogP contribution is -2.27. The first kappa shape index (κ1) is 18.2. The van der Waals surface area contributed by atoms with E-state index in [1.54, 1.807) is 18.2 Å². The van der Waals surface area contributed by atoms with Gasteiger partial charge in [-0.25, -0.2) is 9.97 Å². The summed E-state index contributed by atoms with van der Waals surface area (Å²) in [6, 6.07) is 12.8. The number of hydrogen-bond acceptors (Lipinski definition) is 6. The van der Waals surface area contributed by atoms with Crippen LogP contribution in [-0.2, 0) is 22.6 Å². The van der Waals surface area contributed by atoms with Gasteiger partial charge in [0.15, 0.2) is 5.13 Å². The van der Waals surface area contributed by atoms with Crippen LogP contribution in [0.15, 0.2) is 58.8 Å². The number of benzene rings is 2. The van der Waals surface area contributed by atoms with Crippen molar-refractivity contribution < 1.29 is 9.59 Å². The third-order valence-electron chi connectivity index (χ3n) is 4.83. The molecule has 0 atom stereocenters. The highest BCUT2D eigenvalue weighted by atomic mass is 32.1. The average molecular weight is 417 g/mol. The molecule has 30 heavy (non-hydrogen) atoms. The van der Waals surface area contributed by atoms with E-state index in [4.69, 9.17) is 0 Å². The monoisotopic (exact) mass is 417 g/mol. The smallest absolute Gasteiger partial charge is 0.269 e. The zero-order chi connectivity index (χ0) is 20.7. The first-order chi connectivity index (χ1) is 14.6. The summed E-state index contributed by atoms with van der Waals surface area (Å²) in [6.45, 7) is -0.136. The molecular weight excluding hydrogens is 402 g/mol. The lowest BCUT2D eigenvalue weighted by Gasteiger charge is -2.08. The van der Waals surface area contributed by atoms with Crippen LogP contribution in [0.5, 0.6) is 0 Å². The number of nitrogens with one attached hydrogen (secondary N) is 2. The summed E-state index contributed by atoms with van der Waals surface area (Å²) >= 11 is 1.30. The summed E-state index contributed by atoms with van der Waals surface area (Å²) in [5.41, 5.74) is 4.24. The summed E-state index contributed by atoms with van der Waals surface area (Å²) < 4.78 is 1.39. The molecule has 2 aromatic carbocycles. The largest absolute Gasteiger partial charge is 0.326 e. The Morgan fingerprint density at radius 3 is 2.97 bits per heavy atom. The number of hydrogen-bond donors (Lipinski definition) is 2. The highest BCUT2D eigenvalue weighted by molar-refractivity contribution is 7.14. The van der Waals surface area contributed by atoms with Gasteiger partial charge in [-0.05, 0) is 29.8 Å². The summed E-state index contributed by atoms with van der Waals surface area (Å²) in [4.78, 5) is 44.8. The molecule has 4 aromatic rings. The molecule has 2 N–H and O–H groups in total. The van der Waals surface area contributed by atoms with Crippen molar-refractivity contribution >= 4 is 45.0 Å². The van der Waals surface area contributed by atoms with E-state index in [2.05, 4.69) is 20.6 Å². The number of aromatic nitrogens is 3. The van der Waals surface area contributed by atoms with E-state index in [0.717, 1.165) is 16.8 Å². The average Bonchev–Trinajstić information content (AvgIpc) is 3.35. The molecule has 1 aliphatic heterocycles. The maximum atomic E-state index is 12.5. The molecule has 0 saturated heterocycles. The molecular formula is C21H15N5O3S. The van der Waals surface area contributed by atoms with E-state index >= 15 is 0 Å². The fourth-order valence-electron chi connectivity index (χ4n) is 3.43. The van der Waals surface area contributed by atoms with Gasteiger partial charge in [0.1, 0.15) is 6.54 Å². The number of amides is 2. The van der Waals surface area contributed by atoms with Gasteiger partial charge < -0.3 is 10.6 Å². The van der Waals surface area contributed by atoms with Crippen molar-refractivity contribution in [1.82, 2.24) is 14.5 Å². The highest BCUT2D eigenvalue weighted by Crippen LogP contribution is 2.30. The second kappa shape index (κ2) is 7.20. The van der Waals surface area contributed by atoms with Crippen molar-refractivity contribution in [3.05, 3.63) is 70.0 Å². The number of fused-ring (bicyclic) bond motifs is 2. The van der Waals surface area contributed by atoms with Gasteiger partial charge in [0.2, 0.25) is 11.8 Å². The van der Waals surface area contributed by atoms with Crippen LogP contribution in [0.25, 0.3) is 22.3 Å².